The Morgan fingerprint density at radius 3 is 2.50 bits per heavy atom. The summed E-state index contributed by atoms with van der Waals surface area (Å²) in [6.07, 6.45) is 2.93. The van der Waals surface area contributed by atoms with Gasteiger partial charge in [0.15, 0.2) is 11.8 Å². The standard InChI is InChI=1S/C22H32FN5O4/c1-2-31-17-8-6-15(7-9-17)20(29)28-12-10-27(11-13-28)18-5-3-4-16(19(18)23)14-32-22(30)26-21(24)25/h3-5,15,17H,2,6-14H2,1H3,(H4,24,25,26,30)/t15-,17-. The van der Waals surface area contributed by atoms with Crippen molar-refractivity contribution >= 4 is 23.6 Å². The molecule has 32 heavy (non-hydrogen) atoms. The van der Waals surface area contributed by atoms with Gasteiger partial charge in [-0.1, -0.05) is 12.1 Å². The number of carbonyl (C=O) groups is 2. The number of nitrogens with two attached hydrogens (primary N) is 1. The van der Waals surface area contributed by atoms with Crippen molar-refractivity contribution in [3.63, 3.8) is 0 Å². The fraction of sp³-hybridized carbons (Fsp3) is 0.591. The number of carbonyl (C=O) groups excluding carboxylic acids is 2. The monoisotopic (exact) mass is 449 g/mol. The molecule has 0 bridgehead atoms. The number of rotatable bonds is 6. The largest absolute Gasteiger partial charge is 0.444 e. The summed E-state index contributed by atoms with van der Waals surface area (Å²) in [5.74, 6) is -0.758. The van der Waals surface area contributed by atoms with Crippen LogP contribution < -0.4 is 16.0 Å². The third-order valence-corrected chi connectivity index (χ3v) is 6.01. The molecule has 9 nitrogen and oxygen atoms in total. The van der Waals surface area contributed by atoms with E-state index < -0.39 is 17.9 Å². The number of nitrogens with one attached hydrogen (secondary N) is 2. The molecule has 1 aromatic rings. The summed E-state index contributed by atoms with van der Waals surface area (Å²) in [6, 6.07) is 4.92. The Balaban J connectivity index is 1.52. The molecular weight excluding hydrogens is 417 g/mol. The zero-order valence-corrected chi connectivity index (χ0v) is 18.4. The van der Waals surface area contributed by atoms with Gasteiger partial charge in [-0.15, -0.1) is 0 Å². The number of nitrogens with zero attached hydrogens (tertiary/aromatic N) is 2. The predicted octanol–water partition coefficient (Wildman–Crippen LogP) is 2.19. The summed E-state index contributed by atoms with van der Waals surface area (Å²) in [4.78, 5) is 28.2. The molecule has 0 atom stereocenters. The molecule has 1 aliphatic carbocycles. The first-order valence-corrected chi connectivity index (χ1v) is 11.1. The van der Waals surface area contributed by atoms with Gasteiger partial charge >= 0.3 is 6.09 Å². The van der Waals surface area contributed by atoms with Gasteiger partial charge in [0, 0.05) is 44.3 Å². The van der Waals surface area contributed by atoms with Crippen LogP contribution in [0.15, 0.2) is 18.2 Å². The van der Waals surface area contributed by atoms with Gasteiger partial charge < -0.3 is 25.0 Å². The molecule has 2 amide bonds. The molecule has 10 heteroatoms. The fourth-order valence-electron chi connectivity index (χ4n) is 4.35. The van der Waals surface area contributed by atoms with E-state index in [0.717, 1.165) is 25.7 Å². The van der Waals surface area contributed by atoms with Crippen LogP contribution in [0.5, 0.6) is 0 Å². The van der Waals surface area contributed by atoms with Gasteiger partial charge in [0.25, 0.3) is 0 Å². The second kappa shape index (κ2) is 11.1. The van der Waals surface area contributed by atoms with Crippen LogP contribution >= 0.6 is 0 Å². The van der Waals surface area contributed by atoms with Crippen LogP contribution in [0.3, 0.4) is 0 Å². The summed E-state index contributed by atoms with van der Waals surface area (Å²) >= 11 is 0. The van der Waals surface area contributed by atoms with Crippen molar-refractivity contribution in [2.24, 2.45) is 11.7 Å². The number of piperazine rings is 1. The van der Waals surface area contributed by atoms with Gasteiger partial charge in [0.1, 0.15) is 6.61 Å². The number of hydrogen-bond donors (Lipinski definition) is 3. The van der Waals surface area contributed by atoms with Crippen molar-refractivity contribution in [2.75, 3.05) is 37.7 Å². The number of alkyl carbamates (subject to hydrolysis) is 1. The minimum absolute atomic E-state index is 0.0524. The van der Waals surface area contributed by atoms with Crippen LogP contribution in [0.25, 0.3) is 0 Å². The van der Waals surface area contributed by atoms with Gasteiger partial charge in [0.05, 0.1) is 11.8 Å². The lowest BCUT2D eigenvalue weighted by Crippen LogP contribution is -2.51. The van der Waals surface area contributed by atoms with Gasteiger partial charge in [0.2, 0.25) is 5.91 Å². The second-order valence-electron chi connectivity index (χ2n) is 8.11. The molecule has 4 N–H and O–H groups in total. The smallest absolute Gasteiger partial charge is 0.414 e. The highest BCUT2D eigenvalue weighted by molar-refractivity contribution is 5.90. The van der Waals surface area contributed by atoms with E-state index in [-0.39, 0.29) is 30.1 Å². The Labute approximate surface area is 187 Å². The van der Waals surface area contributed by atoms with Crippen LogP contribution in [0.4, 0.5) is 14.9 Å². The van der Waals surface area contributed by atoms with Crippen LogP contribution in [-0.4, -0.2) is 61.7 Å². The second-order valence-corrected chi connectivity index (χ2v) is 8.11. The van der Waals surface area contributed by atoms with Crippen molar-refractivity contribution < 1.29 is 23.5 Å². The Kier molecular flexibility index (Phi) is 8.26. The normalized spacial score (nSPS) is 21.2. The maximum atomic E-state index is 15.0. The molecule has 1 aromatic carbocycles. The first-order valence-electron chi connectivity index (χ1n) is 11.1. The number of anilines is 1. The number of benzene rings is 1. The number of hydrogen-bond acceptors (Lipinski definition) is 6. The SMILES string of the molecule is CCO[C@H]1CC[C@H](C(=O)N2CCN(c3cccc(COC(=O)NC(=N)N)c3F)CC2)CC1. The quantitative estimate of drug-likeness (QED) is 0.452. The van der Waals surface area contributed by atoms with Crippen LogP contribution in [0, 0.1) is 17.1 Å². The highest BCUT2D eigenvalue weighted by Gasteiger charge is 2.31. The van der Waals surface area contributed by atoms with Crippen molar-refractivity contribution in [2.45, 2.75) is 45.3 Å². The maximum Gasteiger partial charge on any atom is 0.414 e. The van der Waals surface area contributed by atoms with Crippen molar-refractivity contribution in [3.05, 3.63) is 29.6 Å². The summed E-state index contributed by atoms with van der Waals surface area (Å²) in [5.41, 5.74) is 5.72. The van der Waals surface area contributed by atoms with Crippen LogP contribution in [0.2, 0.25) is 0 Å². The molecule has 1 heterocycles. The van der Waals surface area contributed by atoms with Crippen molar-refractivity contribution in [3.8, 4) is 0 Å². The Morgan fingerprint density at radius 1 is 1.19 bits per heavy atom. The summed E-state index contributed by atoms with van der Waals surface area (Å²) in [5, 5.41) is 8.99. The molecular formula is C22H32FN5O4. The molecule has 176 valence electrons. The first-order chi connectivity index (χ1) is 15.4. The highest BCUT2D eigenvalue weighted by atomic mass is 19.1. The molecule has 1 saturated heterocycles. The third-order valence-electron chi connectivity index (χ3n) is 6.01. The first kappa shape index (κ1) is 23.8. The average molecular weight is 450 g/mol. The van der Waals surface area contributed by atoms with Crippen molar-refractivity contribution in [1.82, 2.24) is 10.2 Å². The summed E-state index contributed by atoms with van der Waals surface area (Å²) in [6.45, 7) is 4.59. The summed E-state index contributed by atoms with van der Waals surface area (Å²) in [7, 11) is 0. The molecule has 0 aromatic heterocycles. The average Bonchev–Trinajstić information content (AvgIpc) is 2.78. The molecule has 0 spiro atoms. The zero-order chi connectivity index (χ0) is 23.1. The van der Waals surface area contributed by atoms with E-state index in [1.807, 2.05) is 22.0 Å². The van der Waals surface area contributed by atoms with E-state index in [4.69, 9.17) is 20.6 Å². The van der Waals surface area contributed by atoms with E-state index in [1.165, 1.54) is 6.07 Å². The van der Waals surface area contributed by atoms with Crippen molar-refractivity contribution in [1.29, 1.82) is 5.41 Å². The van der Waals surface area contributed by atoms with Crippen LogP contribution in [-0.2, 0) is 20.9 Å². The number of ether oxygens (including phenoxy) is 2. The minimum Gasteiger partial charge on any atom is -0.444 e. The summed E-state index contributed by atoms with van der Waals surface area (Å²) < 4.78 is 25.6. The highest BCUT2D eigenvalue weighted by Crippen LogP contribution is 2.29. The van der Waals surface area contributed by atoms with E-state index in [0.29, 0.717) is 38.5 Å². The molecule has 1 aliphatic heterocycles. The lowest BCUT2D eigenvalue weighted by atomic mass is 9.86. The predicted molar refractivity (Wildman–Crippen MR) is 118 cm³/mol. The molecule has 2 fully saturated rings. The van der Waals surface area contributed by atoms with E-state index in [9.17, 15) is 9.59 Å². The van der Waals surface area contributed by atoms with E-state index in [2.05, 4.69) is 0 Å². The molecule has 3 rings (SSSR count). The van der Waals surface area contributed by atoms with Crippen LogP contribution in [0.1, 0.15) is 38.2 Å². The Bertz CT molecular complexity index is 821. The third kappa shape index (κ3) is 6.09. The Morgan fingerprint density at radius 2 is 1.88 bits per heavy atom. The molecule has 0 unspecified atom stereocenters. The Hall–Kier alpha value is -2.88. The zero-order valence-electron chi connectivity index (χ0n) is 18.4. The number of guanidine groups is 1. The number of halogens is 1. The fourth-order valence-corrected chi connectivity index (χ4v) is 4.35. The molecule has 1 saturated carbocycles. The topological polar surface area (TPSA) is 121 Å². The molecule has 0 radical (unpaired) electrons. The van der Waals surface area contributed by atoms with E-state index >= 15 is 4.39 Å². The maximum absolute atomic E-state index is 15.0. The van der Waals surface area contributed by atoms with Gasteiger partial charge in [-0.25, -0.2) is 9.18 Å². The molecule has 2 aliphatic rings. The van der Waals surface area contributed by atoms with Gasteiger partial charge in [-0.3, -0.25) is 15.5 Å². The number of amides is 2. The van der Waals surface area contributed by atoms with E-state index in [1.54, 1.807) is 12.1 Å². The van der Waals surface area contributed by atoms with Gasteiger partial charge in [-0.2, -0.15) is 0 Å². The van der Waals surface area contributed by atoms with Gasteiger partial charge in [-0.05, 0) is 38.7 Å². The minimum atomic E-state index is -0.912. The lowest BCUT2D eigenvalue weighted by molar-refractivity contribution is -0.137. The lowest BCUT2D eigenvalue weighted by Gasteiger charge is -2.39.